The van der Waals surface area contributed by atoms with Gasteiger partial charge in [-0.1, -0.05) is 11.6 Å². The van der Waals surface area contributed by atoms with Crippen molar-refractivity contribution in [2.24, 2.45) is 0 Å². The lowest BCUT2D eigenvalue weighted by atomic mass is 10.5. The van der Waals surface area contributed by atoms with E-state index in [1.54, 1.807) is 20.8 Å². The van der Waals surface area contributed by atoms with Crippen molar-refractivity contribution in [3.05, 3.63) is 10.7 Å². The molecule has 0 unspecified atom stereocenters. The number of rotatable bonds is 2. The Morgan fingerprint density at radius 3 is 2.71 bits per heavy atom. The average Bonchev–Trinajstić information content (AvgIpc) is 2.34. The molecular formula is C8H11ClN2O2S. The lowest BCUT2D eigenvalue weighted by molar-refractivity contribution is 0.130. The number of nitrogens with zero attached hydrogens (tertiary/aromatic N) is 1. The molecule has 0 atom stereocenters. The molecule has 0 aliphatic rings. The standard InChI is InChI=1S/C8H11ClN2O2S/c1-4(2)13-8(12)10-7-6(9)5(3)11-14-7/h4H,1-3H3,(H,10,12). The number of hydrogen-bond donors (Lipinski definition) is 1. The van der Waals surface area contributed by atoms with Gasteiger partial charge in [-0.3, -0.25) is 5.32 Å². The zero-order valence-corrected chi connectivity index (χ0v) is 9.70. The number of halogens is 1. The molecule has 1 aromatic heterocycles. The molecule has 1 heterocycles. The van der Waals surface area contributed by atoms with Crippen molar-refractivity contribution in [3.8, 4) is 0 Å². The highest BCUT2D eigenvalue weighted by molar-refractivity contribution is 7.11. The lowest BCUT2D eigenvalue weighted by Crippen LogP contribution is -2.17. The van der Waals surface area contributed by atoms with E-state index in [0.29, 0.717) is 15.7 Å². The molecule has 0 spiro atoms. The molecule has 0 saturated heterocycles. The Hall–Kier alpha value is -0.810. The van der Waals surface area contributed by atoms with Crippen molar-refractivity contribution in [1.29, 1.82) is 0 Å². The summed E-state index contributed by atoms with van der Waals surface area (Å²) in [6.45, 7) is 5.33. The Morgan fingerprint density at radius 2 is 2.29 bits per heavy atom. The molecule has 1 aromatic rings. The van der Waals surface area contributed by atoms with E-state index in [2.05, 4.69) is 9.69 Å². The van der Waals surface area contributed by atoms with Gasteiger partial charge in [0, 0.05) is 0 Å². The van der Waals surface area contributed by atoms with Crippen LogP contribution in [0.15, 0.2) is 0 Å². The van der Waals surface area contributed by atoms with Crippen molar-refractivity contribution < 1.29 is 9.53 Å². The third kappa shape index (κ3) is 2.85. The first kappa shape index (κ1) is 11.3. The van der Waals surface area contributed by atoms with Gasteiger partial charge >= 0.3 is 6.09 Å². The first-order valence-corrected chi connectivity index (χ1v) is 5.25. The molecule has 78 valence electrons. The second-order valence-corrected chi connectivity index (χ2v) is 4.14. The summed E-state index contributed by atoms with van der Waals surface area (Å²) in [6, 6.07) is 0. The van der Waals surface area contributed by atoms with E-state index in [-0.39, 0.29) is 6.10 Å². The number of hydrogen-bond acceptors (Lipinski definition) is 4. The van der Waals surface area contributed by atoms with Crippen LogP contribution >= 0.6 is 23.1 Å². The number of nitrogens with one attached hydrogen (secondary N) is 1. The highest BCUT2D eigenvalue weighted by Gasteiger charge is 2.12. The molecule has 4 nitrogen and oxygen atoms in total. The first-order valence-electron chi connectivity index (χ1n) is 4.10. The summed E-state index contributed by atoms with van der Waals surface area (Å²) in [5, 5.41) is 3.52. The Morgan fingerprint density at radius 1 is 1.64 bits per heavy atom. The van der Waals surface area contributed by atoms with Gasteiger partial charge in [-0.05, 0) is 32.3 Å². The van der Waals surface area contributed by atoms with Crippen LogP contribution in [0.4, 0.5) is 9.80 Å². The summed E-state index contributed by atoms with van der Waals surface area (Å²) in [4.78, 5) is 11.2. The molecule has 14 heavy (non-hydrogen) atoms. The zero-order chi connectivity index (χ0) is 10.7. The fourth-order valence-corrected chi connectivity index (χ4v) is 1.69. The Balaban J connectivity index is 2.61. The molecule has 0 aliphatic heterocycles. The Labute approximate surface area is 91.4 Å². The van der Waals surface area contributed by atoms with Gasteiger partial charge in [-0.15, -0.1) is 0 Å². The minimum atomic E-state index is -0.509. The van der Waals surface area contributed by atoms with E-state index >= 15 is 0 Å². The fourth-order valence-electron chi connectivity index (χ4n) is 0.772. The number of ether oxygens (including phenoxy) is 1. The summed E-state index contributed by atoms with van der Waals surface area (Å²) in [5.74, 6) is 0. The molecular weight excluding hydrogens is 224 g/mol. The number of carbonyl (C=O) groups excluding carboxylic acids is 1. The van der Waals surface area contributed by atoms with Crippen molar-refractivity contribution in [1.82, 2.24) is 4.37 Å². The van der Waals surface area contributed by atoms with Crippen LogP contribution in [0.2, 0.25) is 5.02 Å². The molecule has 0 saturated carbocycles. The molecule has 1 amide bonds. The Bertz CT molecular complexity index is 338. The monoisotopic (exact) mass is 234 g/mol. The van der Waals surface area contributed by atoms with Gasteiger partial charge in [0.1, 0.15) is 5.00 Å². The van der Waals surface area contributed by atoms with Crippen LogP contribution in [0.5, 0.6) is 0 Å². The normalized spacial score (nSPS) is 10.4. The van der Waals surface area contributed by atoms with Crippen LogP contribution in [0.1, 0.15) is 19.5 Å². The number of carbonyl (C=O) groups is 1. The van der Waals surface area contributed by atoms with E-state index < -0.39 is 6.09 Å². The zero-order valence-electron chi connectivity index (χ0n) is 8.13. The van der Waals surface area contributed by atoms with Gasteiger partial charge in [0.2, 0.25) is 0 Å². The third-order valence-electron chi connectivity index (χ3n) is 1.35. The summed E-state index contributed by atoms with van der Waals surface area (Å²) in [5.41, 5.74) is 0.705. The van der Waals surface area contributed by atoms with Crippen LogP contribution in [0.25, 0.3) is 0 Å². The lowest BCUT2D eigenvalue weighted by Gasteiger charge is -2.07. The highest BCUT2D eigenvalue weighted by atomic mass is 35.5. The van der Waals surface area contributed by atoms with Gasteiger partial charge in [-0.25, -0.2) is 4.79 Å². The third-order valence-corrected chi connectivity index (χ3v) is 2.78. The largest absolute Gasteiger partial charge is 0.447 e. The molecule has 6 heteroatoms. The van der Waals surface area contributed by atoms with E-state index in [4.69, 9.17) is 16.3 Å². The van der Waals surface area contributed by atoms with Crippen LogP contribution in [-0.4, -0.2) is 16.6 Å². The topological polar surface area (TPSA) is 51.2 Å². The predicted molar refractivity (Wildman–Crippen MR) is 57.1 cm³/mol. The van der Waals surface area contributed by atoms with Crippen molar-refractivity contribution >= 4 is 34.2 Å². The molecule has 1 rings (SSSR count). The first-order chi connectivity index (χ1) is 6.50. The van der Waals surface area contributed by atoms with Crippen LogP contribution in [-0.2, 0) is 4.74 Å². The summed E-state index contributed by atoms with van der Waals surface area (Å²) >= 11 is 7.00. The van der Waals surface area contributed by atoms with Gasteiger partial charge < -0.3 is 4.74 Å². The molecule has 0 aliphatic carbocycles. The van der Waals surface area contributed by atoms with Crippen LogP contribution in [0, 0.1) is 6.92 Å². The fraction of sp³-hybridized carbons (Fsp3) is 0.500. The van der Waals surface area contributed by atoms with Gasteiger partial charge in [0.15, 0.2) is 0 Å². The minimum Gasteiger partial charge on any atom is -0.447 e. The number of aromatic nitrogens is 1. The van der Waals surface area contributed by atoms with Crippen molar-refractivity contribution in [2.45, 2.75) is 26.9 Å². The molecule has 1 N–H and O–H groups in total. The summed E-state index contributed by atoms with van der Waals surface area (Å²) < 4.78 is 8.88. The summed E-state index contributed by atoms with van der Waals surface area (Å²) in [6.07, 6.45) is -0.659. The molecule has 0 aromatic carbocycles. The van der Waals surface area contributed by atoms with E-state index in [0.717, 1.165) is 11.5 Å². The molecule has 0 fully saturated rings. The van der Waals surface area contributed by atoms with Crippen molar-refractivity contribution in [2.75, 3.05) is 5.32 Å². The van der Waals surface area contributed by atoms with Gasteiger partial charge in [0.05, 0.1) is 16.8 Å². The smallest absolute Gasteiger partial charge is 0.412 e. The maximum atomic E-state index is 11.2. The molecule has 0 bridgehead atoms. The van der Waals surface area contributed by atoms with E-state index in [1.807, 2.05) is 0 Å². The number of amides is 1. The molecule has 0 radical (unpaired) electrons. The maximum Gasteiger partial charge on any atom is 0.412 e. The Kier molecular flexibility index (Phi) is 3.71. The minimum absolute atomic E-state index is 0.150. The second kappa shape index (κ2) is 4.61. The van der Waals surface area contributed by atoms with E-state index in [1.165, 1.54) is 0 Å². The predicted octanol–water partition coefficient (Wildman–Crippen LogP) is 3.06. The number of aryl methyl sites for hydroxylation is 1. The average molecular weight is 235 g/mol. The van der Waals surface area contributed by atoms with Crippen molar-refractivity contribution in [3.63, 3.8) is 0 Å². The highest BCUT2D eigenvalue weighted by Crippen LogP contribution is 2.29. The number of anilines is 1. The van der Waals surface area contributed by atoms with Crippen LogP contribution in [0.3, 0.4) is 0 Å². The van der Waals surface area contributed by atoms with E-state index in [9.17, 15) is 4.79 Å². The quantitative estimate of drug-likeness (QED) is 0.856. The van der Waals surface area contributed by atoms with Gasteiger partial charge in [-0.2, -0.15) is 4.37 Å². The van der Waals surface area contributed by atoms with Gasteiger partial charge in [0.25, 0.3) is 0 Å². The van der Waals surface area contributed by atoms with Crippen LogP contribution < -0.4 is 5.32 Å². The SMILES string of the molecule is Cc1nsc(NC(=O)OC(C)C)c1Cl. The summed E-state index contributed by atoms with van der Waals surface area (Å²) in [7, 11) is 0. The second-order valence-electron chi connectivity index (χ2n) is 2.99. The maximum absolute atomic E-state index is 11.2.